The lowest BCUT2D eigenvalue weighted by atomic mass is 9.59. The van der Waals surface area contributed by atoms with E-state index in [9.17, 15) is 0 Å². The average Bonchev–Trinajstić information content (AvgIpc) is 2.28. The van der Waals surface area contributed by atoms with Gasteiger partial charge in [-0.1, -0.05) is 37.1 Å². The van der Waals surface area contributed by atoms with Gasteiger partial charge in [0.2, 0.25) is 0 Å². The third-order valence-electron chi connectivity index (χ3n) is 5.27. The first kappa shape index (κ1) is 10.6. The zero-order valence-electron chi connectivity index (χ0n) is 10.5. The minimum absolute atomic E-state index is 0.941. The lowest BCUT2D eigenvalue weighted by molar-refractivity contribution is 0.106. The molecule has 0 N–H and O–H groups in total. The van der Waals surface area contributed by atoms with E-state index in [1.165, 1.54) is 50.5 Å². The lowest BCUT2D eigenvalue weighted by Gasteiger charge is -2.46. The number of allylic oxidation sites excluding steroid dienone is 3. The topological polar surface area (TPSA) is 0 Å². The first-order valence-corrected chi connectivity index (χ1v) is 7.12. The minimum atomic E-state index is 0.941. The second-order valence-corrected chi connectivity index (χ2v) is 6.40. The highest BCUT2D eigenvalue weighted by Gasteiger charge is 2.39. The Kier molecular flexibility index (Phi) is 2.69. The molecule has 2 fully saturated rings. The van der Waals surface area contributed by atoms with Crippen molar-refractivity contribution < 1.29 is 0 Å². The highest BCUT2D eigenvalue weighted by Crippen LogP contribution is 2.50. The molecule has 4 unspecified atom stereocenters. The van der Waals surface area contributed by atoms with E-state index in [4.69, 9.17) is 0 Å². The van der Waals surface area contributed by atoms with Gasteiger partial charge in [-0.15, -0.1) is 0 Å². The summed E-state index contributed by atoms with van der Waals surface area (Å²) in [6.45, 7) is 6.59. The molecule has 0 radical (unpaired) electrons. The Balaban J connectivity index is 1.81. The van der Waals surface area contributed by atoms with Crippen molar-refractivity contribution in [3.8, 4) is 0 Å². The van der Waals surface area contributed by atoms with Gasteiger partial charge in [0.25, 0.3) is 0 Å². The molecule has 0 aliphatic heterocycles. The van der Waals surface area contributed by atoms with Crippen LogP contribution in [0, 0.1) is 23.7 Å². The molecule has 2 saturated carbocycles. The highest BCUT2D eigenvalue weighted by atomic mass is 14.4. The average molecular weight is 216 g/mol. The Labute approximate surface area is 99.8 Å². The molecular formula is C16H24. The smallest absolute Gasteiger partial charge is 0.0166 e. The second kappa shape index (κ2) is 4.05. The Morgan fingerprint density at radius 1 is 1.12 bits per heavy atom. The summed E-state index contributed by atoms with van der Waals surface area (Å²) in [5.41, 5.74) is 3.14. The molecule has 0 aromatic rings. The molecular weight excluding hydrogens is 192 g/mol. The van der Waals surface area contributed by atoms with Crippen molar-refractivity contribution in [3.63, 3.8) is 0 Å². The third-order valence-corrected chi connectivity index (χ3v) is 5.27. The largest absolute Gasteiger partial charge is 0.0958 e. The fraction of sp³-hybridized carbons (Fsp3) is 0.750. The summed E-state index contributed by atoms with van der Waals surface area (Å²) < 4.78 is 0. The van der Waals surface area contributed by atoms with Gasteiger partial charge in [0, 0.05) is 0 Å². The van der Waals surface area contributed by atoms with Crippen LogP contribution in [0.3, 0.4) is 0 Å². The van der Waals surface area contributed by atoms with Gasteiger partial charge >= 0.3 is 0 Å². The molecule has 0 aromatic heterocycles. The zero-order chi connectivity index (χ0) is 11.1. The van der Waals surface area contributed by atoms with Crippen LogP contribution in [0.1, 0.15) is 51.9 Å². The predicted molar refractivity (Wildman–Crippen MR) is 69.2 cm³/mol. The van der Waals surface area contributed by atoms with E-state index in [0.717, 1.165) is 23.7 Å². The normalized spacial score (nSPS) is 43.3. The monoisotopic (exact) mass is 216 g/mol. The maximum atomic E-state index is 4.14. The maximum Gasteiger partial charge on any atom is -0.0166 e. The van der Waals surface area contributed by atoms with Gasteiger partial charge in [-0.3, -0.25) is 0 Å². The second-order valence-electron chi connectivity index (χ2n) is 6.40. The van der Waals surface area contributed by atoms with Crippen LogP contribution in [0.5, 0.6) is 0 Å². The number of hydrogen-bond donors (Lipinski definition) is 0. The molecule has 0 nitrogen and oxygen atoms in total. The summed E-state index contributed by atoms with van der Waals surface area (Å²) in [6.07, 6.45) is 12.4. The van der Waals surface area contributed by atoms with Crippen LogP contribution in [0.2, 0.25) is 0 Å². The predicted octanol–water partition coefficient (Wildman–Crippen LogP) is 4.73. The van der Waals surface area contributed by atoms with Crippen molar-refractivity contribution in [3.05, 3.63) is 23.8 Å². The van der Waals surface area contributed by atoms with E-state index in [-0.39, 0.29) is 0 Å². The Morgan fingerprint density at radius 2 is 2.00 bits per heavy atom. The van der Waals surface area contributed by atoms with Gasteiger partial charge in [0.1, 0.15) is 0 Å². The molecule has 4 atom stereocenters. The number of hydrogen-bond acceptors (Lipinski definition) is 0. The van der Waals surface area contributed by atoms with Crippen molar-refractivity contribution in [2.75, 3.05) is 0 Å². The van der Waals surface area contributed by atoms with E-state index >= 15 is 0 Å². The van der Waals surface area contributed by atoms with Crippen molar-refractivity contribution in [2.24, 2.45) is 23.7 Å². The summed E-state index contributed by atoms with van der Waals surface area (Å²) in [4.78, 5) is 0. The first-order valence-electron chi connectivity index (χ1n) is 7.12. The third kappa shape index (κ3) is 1.77. The van der Waals surface area contributed by atoms with Gasteiger partial charge in [0.15, 0.2) is 0 Å². The van der Waals surface area contributed by atoms with Gasteiger partial charge in [-0.25, -0.2) is 0 Å². The van der Waals surface area contributed by atoms with Crippen LogP contribution in [-0.4, -0.2) is 0 Å². The van der Waals surface area contributed by atoms with E-state index in [1.54, 1.807) is 5.57 Å². The van der Waals surface area contributed by atoms with Crippen LogP contribution in [0.4, 0.5) is 0 Å². The Bertz CT molecular complexity index is 323. The van der Waals surface area contributed by atoms with Gasteiger partial charge in [0.05, 0.1) is 0 Å². The SMILES string of the molecule is C=C1C=C2CCC3CC(C)CCC3C2CC1. The summed E-state index contributed by atoms with van der Waals surface area (Å²) in [6, 6.07) is 0. The van der Waals surface area contributed by atoms with Crippen molar-refractivity contribution in [1.29, 1.82) is 0 Å². The van der Waals surface area contributed by atoms with Crippen LogP contribution in [-0.2, 0) is 0 Å². The van der Waals surface area contributed by atoms with Crippen molar-refractivity contribution >= 4 is 0 Å². The van der Waals surface area contributed by atoms with Gasteiger partial charge < -0.3 is 0 Å². The standard InChI is InChI=1S/C16H24/c1-11-3-7-15-13(9-11)5-6-14-10-12(2)4-8-16(14)15/h9,12,14-16H,1,3-8,10H2,2H3. The summed E-state index contributed by atoms with van der Waals surface area (Å²) in [5.74, 6) is 4.02. The molecule has 0 aromatic carbocycles. The van der Waals surface area contributed by atoms with Gasteiger partial charge in [-0.2, -0.15) is 0 Å². The fourth-order valence-electron chi connectivity index (χ4n) is 4.45. The summed E-state index contributed by atoms with van der Waals surface area (Å²) >= 11 is 0. The molecule has 0 saturated heterocycles. The Morgan fingerprint density at radius 3 is 2.88 bits per heavy atom. The van der Waals surface area contributed by atoms with Crippen LogP contribution in [0.15, 0.2) is 23.8 Å². The molecule has 0 bridgehead atoms. The molecule has 3 aliphatic rings. The number of fused-ring (bicyclic) bond motifs is 3. The van der Waals surface area contributed by atoms with Gasteiger partial charge in [-0.05, 0) is 62.2 Å². The minimum Gasteiger partial charge on any atom is -0.0958 e. The van der Waals surface area contributed by atoms with Crippen LogP contribution in [0.25, 0.3) is 0 Å². The Hall–Kier alpha value is -0.520. The van der Waals surface area contributed by atoms with Crippen LogP contribution < -0.4 is 0 Å². The molecule has 0 amide bonds. The summed E-state index contributed by atoms with van der Waals surface area (Å²) in [7, 11) is 0. The molecule has 3 rings (SSSR count). The quantitative estimate of drug-likeness (QED) is 0.549. The molecule has 0 spiro atoms. The van der Waals surface area contributed by atoms with Crippen molar-refractivity contribution in [2.45, 2.75) is 51.9 Å². The molecule has 16 heavy (non-hydrogen) atoms. The lowest BCUT2D eigenvalue weighted by Crippen LogP contribution is -2.35. The first-order chi connectivity index (χ1) is 7.74. The zero-order valence-corrected chi connectivity index (χ0v) is 10.5. The van der Waals surface area contributed by atoms with E-state index < -0.39 is 0 Å². The summed E-state index contributed by atoms with van der Waals surface area (Å²) in [5, 5.41) is 0. The fourth-order valence-corrected chi connectivity index (χ4v) is 4.45. The van der Waals surface area contributed by atoms with E-state index in [0.29, 0.717) is 0 Å². The molecule has 0 heterocycles. The molecule has 88 valence electrons. The van der Waals surface area contributed by atoms with Crippen molar-refractivity contribution in [1.82, 2.24) is 0 Å². The maximum absolute atomic E-state index is 4.14. The molecule has 3 aliphatic carbocycles. The van der Waals surface area contributed by atoms with E-state index in [1.807, 2.05) is 0 Å². The number of rotatable bonds is 0. The van der Waals surface area contributed by atoms with E-state index in [2.05, 4.69) is 19.6 Å². The molecule has 0 heteroatoms. The van der Waals surface area contributed by atoms with Crippen LogP contribution >= 0.6 is 0 Å². The highest BCUT2D eigenvalue weighted by molar-refractivity contribution is 5.28.